The van der Waals surface area contributed by atoms with Crippen molar-refractivity contribution in [2.75, 3.05) is 25.5 Å². The molecule has 3 N–H and O–H groups in total. The van der Waals surface area contributed by atoms with Crippen molar-refractivity contribution < 1.29 is 4.79 Å². The summed E-state index contributed by atoms with van der Waals surface area (Å²) in [6, 6.07) is 9.41. The molecule has 0 unspecified atom stereocenters. The van der Waals surface area contributed by atoms with Crippen molar-refractivity contribution in [3.05, 3.63) is 47.2 Å². The molecule has 1 aromatic carbocycles. The molecule has 0 radical (unpaired) electrons. The lowest BCUT2D eigenvalue weighted by Crippen LogP contribution is -2.39. The highest BCUT2D eigenvalue weighted by molar-refractivity contribution is 9.10. The number of aromatic nitrogens is 2. The van der Waals surface area contributed by atoms with Gasteiger partial charge in [0.2, 0.25) is 5.91 Å². The van der Waals surface area contributed by atoms with Crippen LogP contribution in [-0.2, 0) is 11.3 Å². The zero-order chi connectivity index (χ0) is 17.9. The van der Waals surface area contributed by atoms with Crippen LogP contribution in [0.25, 0.3) is 0 Å². The molecule has 0 bridgehead atoms. The average Bonchev–Trinajstić information content (AvgIpc) is 3.12. The summed E-state index contributed by atoms with van der Waals surface area (Å²) in [5, 5.41) is 13.4. The second-order valence-corrected chi connectivity index (χ2v) is 6.27. The van der Waals surface area contributed by atoms with Crippen LogP contribution in [0.2, 0.25) is 0 Å². The van der Waals surface area contributed by atoms with E-state index >= 15 is 0 Å². The second-order valence-electron chi connectivity index (χ2n) is 5.35. The number of nitrogens with zero attached hydrogens (tertiary/aromatic N) is 3. The summed E-state index contributed by atoms with van der Waals surface area (Å²) in [5.74, 6) is 0.654. The first-order chi connectivity index (χ1) is 12.2. The predicted octanol–water partition coefficient (Wildman–Crippen LogP) is 2.23. The minimum atomic E-state index is -0.0380. The number of aryl methyl sites for hydroxylation is 1. The average molecular weight is 407 g/mol. The molecule has 0 aliphatic heterocycles. The van der Waals surface area contributed by atoms with E-state index in [1.165, 1.54) is 0 Å². The summed E-state index contributed by atoms with van der Waals surface area (Å²) in [4.78, 5) is 16.1. The fraction of sp³-hybridized carbons (Fsp3) is 0.353. The van der Waals surface area contributed by atoms with Crippen LogP contribution in [0.3, 0.4) is 0 Å². The number of anilines is 1. The van der Waals surface area contributed by atoms with Crippen molar-refractivity contribution >= 4 is 33.5 Å². The van der Waals surface area contributed by atoms with Crippen molar-refractivity contribution in [2.24, 2.45) is 4.99 Å². The zero-order valence-electron chi connectivity index (χ0n) is 14.2. The zero-order valence-corrected chi connectivity index (χ0v) is 15.8. The van der Waals surface area contributed by atoms with Gasteiger partial charge in [-0.15, -0.1) is 0 Å². The van der Waals surface area contributed by atoms with Gasteiger partial charge in [-0.25, -0.2) is 0 Å². The number of hydrogen-bond acceptors (Lipinski definition) is 3. The lowest BCUT2D eigenvalue weighted by molar-refractivity contribution is -0.116. The number of carbonyl (C=O) groups excluding carboxylic acids is 1. The van der Waals surface area contributed by atoms with E-state index in [0.717, 1.165) is 29.7 Å². The quantitative estimate of drug-likeness (QED) is 0.356. The molecule has 0 aliphatic rings. The number of carbonyl (C=O) groups is 1. The molecule has 0 saturated heterocycles. The molecule has 8 heteroatoms. The molecule has 1 heterocycles. The Balaban J connectivity index is 1.59. The number of halogens is 1. The Hall–Kier alpha value is -2.35. The summed E-state index contributed by atoms with van der Waals surface area (Å²) in [6.45, 7) is 2.15. The molecule has 7 nitrogen and oxygen atoms in total. The van der Waals surface area contributed by atoms with Gasteiger partial charge in [0, 0.05) is 55.7 Å². The summed E-state index contributed by atoms with van der Waals surface area (Å²) in [6.07, 6.45) is 5.01. The highest BCUT2D eigenvalue weighted by Crippen LogP contribution is 2.14. The highest BCUT2D eigenvalue weighted by Gasteiger charge is 2.03. The molecule has 2 aromatic rings. The molecule has 0 spiro atoms. The first-order valence-corrected chi connectivity index (χ1v) is 8.94. The molecule has 0 atom stereocenters. The fourth-order valence-electron chi connectivity index (χ4n) is 2.15. The number of nitrogens with one attached hydrogen (secondary N) is 3. The predicted molar refractivity (Wildman–Crippen MR) is 104 cm³/mol. The number of rotatable bonds is 8. The smallest absolute Gasteiger partial charge is 0.226 e. The van der Waals surface area contributed by atoms with E-state index in [0.29, 0.717) is 18.9 Å². The van der Waals surface area contributed by atoms with Gasteiger partial charge in [0.25, 0.3) is 0 Å². The first-order valence-electron chi connectivity index (χ1n) is 8.15. The number of benzene rings is 1. The molecular formula is C17H23BrN6O. The van der Waals surface area contributed by atoms with Gasteiger partial charge in [-0.05, 0) is 36.8 Å². The minimum absolute atomic E-state index is 0.0380. The van der Waals surface area contributed by atoms with Crippen LogP contribution in [0.5, 0.6) is 0 Å². The van der Waals surface area contributed by atoms with Crippen molar-refractivity contribution in [3.63, 3.8) is 0 Å². The van der Waals surface area contributed by atoms with E-state index in [1.54, 1.807) is 13.2 Å². The summed E-state index contributed by atoms with van der Waals surface area (Å²) in [5.41, 5.74) is 0.786. The third kappa shape index (κ3) is 7.38. The van der Waals surface area contributed by atoms with Crippen molar-refractivity contribution in [2.45, 2.75) is 19.4 Å². The lowest BCUT2D eigenvalue weighted by Gasteiger charge is -2.12. The largest absolute Gasteiger partial charge is 0.356 e. The molecular weight excluding hydrogens is 384 g/mol. The molecule has 25 heavy (non-hydrogen) atoms. The maximum absolute atomic E-state index is 11.9. The Labute approximate surface area is 156 Å². The fourth-order valence-corrected chi connectivity index (χ4v) is 2.42. The Bertz CT molecular complexity index is 669. The Morgan fingerprint density at radius 2 is 2.00 bits per heavy atom. The van der Waals surface area contributed by atoms with Gasteiger partial charge in [-0.1, -0.05) is 15.9 Å². The van der Waals surface area contributed by atoms with Crippen molar-refractivity contribution in [1.82, 2.24) is 20.4 Å². The van der Waals surface area contributed by atoms with Gasteiger partial charge in [-0.2, -0.15) is 5.10 Å². The van der Waals surface area contributed by atoms with Crippen LogP contribution in [-0.4, -0.2) is 41.8 Å². The van der Waals surface area contributed by atoms with Gasteiger partial charge in [0.1, 0.15) is 0 Å². The van der Waals surface area contributed by atoms with E-state index in [2.05, 4.69) is 42.0 Å². The first kappa shape index (κ1) is 19.0. The number of aliphatic imine (C=N–C) groups is 1. The van der Waals surface area contributed by atoms with E-state index in [1.807, 2.05) is 41.2 Å². The Kier molecular flexibility index (Phi) is 7.97. The standard InChI is InChI=1S/C17H23BrN6O/c1-19-17(20-9-2-12-24-13-3-10-22-24)21-11-8-16(25)23-15-6-4-14(18)5-7-15/h3-7,10,13H,2,8-9,11-12H2,1H3,(H,23,25)(H2,19,20,21). The normalized spacial score (nSPS) is 11.2. The van der Waals surface area contributed by atoms with Crippen molar-refractivity contribution in [1.29, 1.82) is 0 Å². The summed E-state index contributed by atoms with van der Waals surface area (Å²) in [7, 11) is 1.71. The molecule has 0 fully saturated rings. The highest BCUT2D eigenvalue weighted by atomic mass is 79.9. The molecule has 2 rings (SSSR count). The number of hydrogen-bond donors (Lipinski definition) is 3. The number of guanidine groups is 1. The maximum atomic E-state index is 11.9. The molecule has 1 aromatic heterocycles. The van der Waals surface area contributed by atoms with Crippen molar-refractivity contribution in [3.8, 4) is 0 Å². The van der Waals surface area contributed by atoms with Crippen LogP contribution in [0.1, 0.15) is 12.8 Å². The molecule has 0 aliphatic carbocycles. The van der Waals surface area contributed by atoms with E-state index in [-0.39, 0.29) is 5.91 Å². The SMILES string of the molecule is CN=C(NCCCn1cccn1)NCCC(=O)Nc1ccc(Br)cc1. The third-order valence-corrected chi connectivity index (χ3v) is 3.94. The van der Waals surface area contributed by atoms with Crippen LogP contribution in [0.15, 0.2) is 52.2 Å². The van der Waals surface area contributed by atoms with Gasteiger partial charge in [0.15, 0.2) is 5.96 Å². The van der Waals surface area contributed by atoms with Crippen LogP contribution in [0, 0.1) is 0 Å². The molecule has 134 valence electrons. The van der Waals surface area contributed by atoms with E-state index in [4.69, 9.17) is 0 Å². The molecule has 1 amide bonds. The van der Waals surface area contributed by atoms with Gasteiger partial charge >= 0.3 is 0 Å². The van der Waals surface area contributed by atoms with Crippen LogP contribution in [0.4, 0.5) is 5.69 Å². The number of amides is 1. The van der Waals surface area contributed by atoms with Crippen LogP contribution < -0.4 is 16.0 Å². The van der Waals surface area contributed by atoms with Crippen LogP contribution >= 0.6 is 15.9 Å². The summed E-state index contributed by atoms with van der Waals surface area (Å²) >= 11 is 3.37. The molecule has 0 saturated carbocycles. The topological polar surface area (TPSA) is 83.3 Å². The second kappa shape index (κ2) is 10.5. The van der Waals surface area contributed by atoms with E-state index < -0.39 is 0 Å². The Morgan fingerprint density at radius 1 is 1.24 bits per heavy atom. The van der Waals surface area contributed by atoms with E-state index in [9.17, 15) is 4.79 Å². The maximum Gasteiger partial charge on any atom is 0.226 e. The monoisotopic (exact) mass is 406 g/mol. The van der Waals surface area contributed by atoms with Gasteiger partial charge in [-0.3, -0.25) is 14.5 Å². The Morgan fingerprint density at radius 3 is 2.68 bits per heavy atom. The minimum Gasteiger partial charge on any atom is -0.356 e. The van der Waals surface area contributed by atoms with Gasteiger partial charge < -0.3 is 16.0 Å². The lowest BCUT2D eigenvalue weighted by atomic mass is 10.3. The van der Waals surface area contributed by atoms with Gasteiger partial charge in [0.05, 0.1) is 0 Å². The summed E-state index contributed by atoms with van der Waals surface area (Å²) < 4.78 is 2.87. The third-order valence-electron chi connectivity index (χ3n) is 3.41.